The summed E-state index contributed by atoms with van der Waals surface area (Å²) in [7, 11) is 0. The number of unbranched alkanes of at least 4 members (excludes halogenated alkanes) is 20. The van der Waals surface area contributed by atoms with E-state index in [0.29, 0.717) is 6.42 Å². The Bertz CT molecular complexity index is 728. The van der Waals surface area contributed by atoms with Crippen LogP contribution in [-0.4, -0.2) is 98.7 Å². The Hall–Kier alpha value is -0.850. The van der Waals surface area contributed by atoms with E-state index in [1.54, 1.807) is 0 Å². The first kappa shape index (κ1) is 44.2. The molecule has 10 nitrogen and oxygen atoms in total. The maximum Gasteiger partial charge on any atom is 0.220 e. The van der Waals surface area contributed by atoms with E-state index < -0.39 is 55.6 Å². The summed E-state index contributed by atoms with van der Waals surface area (Å²) >= 11 is 0. The first-order valence-corrected chi connectivity index (χ1v) is 19.3. The molecule has 1 rings (SSSR count). The Kier molecular flexibility index (Phi) is 27.2. The molecule has 1 saturated heterocycles. The van der Waals surface area contributed by atoms with Gasteiger partial charge in [0.1, 0.15) is 30.5 Å². The Morgan fingerprint density at radius 3 is 1.57 bits per heavy atom. The zero-order chi connectivity index (χ0) is 34.7. The van der Waals surface area contributed by atoms with Crippen LogP contribution >= 0.6 is 0 Å². The lowest BCUT2D eigenvalue weighted by Crippen LogP contribution is -2.60. The van der Waals surface area contributed by atoms with Crippen molar-refractivity contribution in [2.24, 2.45) is 0 Å². The van der Waals surface area contributed by atoms with Crippen LogP contribution in [0.5, 0.6) is 0 Å². The summed E-state index contributed by atoms with van der Waals surface area (Å²) in [6.07, 6.45) is 16.9. The van der Waals surface area contributed by atoms with Crippen LogP contribution in [-0.2, 0) is 14.3 Å². The van der Waals surface area contributed by atoms with E-state index in [2.05, 4.69) is 19.2 Å². The Morgan fingerprint density at radius 1 is 0.660 bits per heavy atom. The summed E-state index contributed by atoms with van der Waals surface area (Å²) in [4.78, 5) is 12.9. The summed E-state index contributed by atoms with van der Waals surface area (Å²) in [5.41, 5.74) is 0. The molecule has 0 aromatic carbocycles. The monoisotopic (exact) mass is 676 g/mol. The molecular weight excluding hydrogens is 602 g/mol. The average Bonchev–Trinajstić information content (AvgIpc) is 3.07. The second kappa shape index (κ2) is 28.9. The van der Waals surface area contributed by atoms with Crippen molar-refractivity contribution >= 4 is 5.91 Å². The Morgan fingerprint density at radius 2 is 1.11 bits per heavy atom. The molecule has 0 aliphatic carbocycles. The molecule has 280 valence electrons. The molecule has 47 heavy (non-hydrogen) atoms. The number of aliphatic hydroxyl groups excluding tert-OH is 6. The number of aliphatic hydroxyl groups is 6. The van der Waals surface area contributed by atoms with E-state index in [9.17, 15) is 35.4 Å². The van der Waals surface area contributed by atoms with Crippen LogP contribution in [0.3, 0.4) is 0 Å². The predicted molar refractivity (Wildman–Crippen MR) is 186 cm³/mol. The third-order valence-corrected chi connectivity index (χ3v) is 9.55. The summed E-state index contributed by atoms with van der Waals surface area (Å²) in [5.74, 6) is -0.259. The van der Waals surface area contributed by atoms with Crippen LogP contribution in [0.15, 0.2) is 0 Å². The summed E-state index contributed by atoms with van der Waals surface area (Å²) in [5, 5.41) is 64.6. The van der Waals surface area contributed by atoms with E-state index in [-0.39, 0.29) is 18.9 Å². The van der Waals surface area contributed by atoms with Crippen molar-refractivity contribution < 1.29 is 44.9 Å². The van der Waals surface area contributed by atoms with Crippen molar-refractivity contribution in [3.63, 3.8) is 0 Å². The van der Waals surface area contributed by atoms with Gasteiger partial charge >= 0.3 is 0 Å². The highest BCUT2D eigenvalue weighted by atomic mass is 16.7. The predicted octanol–water partition coefficient (Wildman–Crippen LogP) is 5.41. The van der Waals surface area contributed by atoms with Crippen molar-refractivity contribution in [3.8, 4) is 0 Å². The lowest BCUT2D eigenvalue weighted by molar-refractivity contribution is -0.303. The molecule has 8 atom stereocenters. The molecule has 1 aliphatic heterocycles. The van der Waals surface area contributed by atoms with Gasteiger partial charge in [-0.05, 0) is 12.8 Å². The van der Waals surface area contributed by atoms with Crippen molar-refractivity contribution in [2.45, 2.75) is 217 Å². The zero-order valence-electron chi connectivity index (χ0n) is 29.9. The highest BCUT2D eigenvalue weighted by Crippen LogP contribution is 2.23. The number of carbonyl (C=O) groups excluding carboxylic acids is 1. The highest BCUT2D eigenvalue weighted by Gasteiger charge is 2.44. The zero-order valence-corrected chi connectivity index (χ0v) is 29.9. The van der Waals surface area contributed by atoms with Crippen molar-refractivity contribution in [3.05, 3.63) is 0 Å². The first-order valence-electron chi connectivity index (χ1n) is 19.3. The molecule has 0 saturated carbocycles. The SMILES string of the molecule is CCCCCCCCCCCCCCCC(=O)N[C@@H](CO[C@@H]1O[C@H](CO)[C@H](O)C(O)C1O)[C@H](O)[C@H](O)CCCCCCCCCCC. The van der Waals surface area contributed by atoms with Gasteiger partial charge in [0.15, 0.2) is 6.29 Å². The minimum absolute atomic E-state index is 0.259. The van der Waals surface area contributed by atoms with Gasteiger partial charge in [-0.15, -0.1) is 0 Å². The van der Waals surface area contributed by atoms with Gasteiger partial charge in [-0.2, -0.15) is 0 Å². The number of amides is 1. The lowest BCUT2D eigenvalue weighted by atomic mass is 9.98. The molecular formula is C37H73NO9. The van der Waals surface area contributed by atoms with Gasteiger partial charge in [-0.25, -0.2) is 0 Å². The van der Waals surface area contributed by atoms with Gasteiger partial charge < -0.3 is 45.4 Å². The molecule has 10 heteroatoms. The molecule has 2 unspecified atom stereocenters. The number of hydrogen-bond donors (Lipinski definition) is 7. The lowest BCUT2D eigenvalue weighted by Gasteiger charge is -2.40. The number of ether oxygens (including phenoxy) is 2. The van der Waals surface area contributed by atoms with Gasteiger partial charge in [0.05, 0.1) is 25.4 Å². The van der Waals surface area contributed by atoms with Crippen molar-refractivity contribution in [1.82, 2.24) is 5.32 Å². The normalized spacial score (nSPS) is 23.4. The van der Waals surface area contributed by atoms with Crippen molar-refractivity contribution in [2.75, 3.05) is 13.2 Å². The quantitative estimate of drug-likeness (QED) is 0.0475. The van der Waals surface area contributed by atoms with Crippen LogP contribution < -0.4 is 5.32 Å². The van der Waals surface area contributed by atoms with Gasteiger partial charge in [0.25, 0.3) is 0 Å². The average molecular weight is 676 g/mol. The molecule has 1 fully saturated rings. The van der Waals surface area contributed by atoms with Crippen LogP contribution in [0.2, 0.25) is 0 Å². The second-order valence-corrected chi connectivity index (χ2v) is 13.9. The fraction of sp³-hybridized carbons (Fsp3) is 0.973. The molecule has 0 aromatic rings. The molecule has 0 spiro atoms. The maximum absolute atomic E-state index is 12.9. The standard InChI is InChI=1S/C37H73NO9/c1-3-5-7-9-11-13-14-15-16-18-20-22-24-26-32(41)38-29(28-46-37-36(45)35(44)34(43)31(27-39)47-37)33(42)30(40)25-23-21-19-17-12-10-8-6-4-2/h29-31,33-37,39-40,42-45H,3-28H2,1-2H3,(H,38,41)/t29-,30+,31+,33-,34-,35?,36?,37+/m0/s1. The minimum Gasteiger partial charge on any atom is -0.394 e. The maximum atomic E-state index is 12.9. The molecule has 7 N–H and O–H groups in total. The van der Waals surface area contributed by atoms with Crippen LogP contribution in [0, 0.1) is 0 Å². The van der Waals surface area contributed by atoms with Gasteiger partial charge in [0, 0.05) is 6.42 Å². The Balaban J connectivity index is 2.49. The molecule has 0 bridgehead atoms. The third-order valence-electron chi connectivity index (χ3n) is 9.55. The van der Waals surface area contributed by atoms with Crippen LogP contribution in [0.25, 0.3) is 0 Å². The van der Waals surface area contributed by atoms with Crippen LogP contribution in [0.1, 0.15) is 168 Å². The summed E-state index contributed by atoms with van der Waals surface area (Å²) < 4.78 is 11.1. The molecule has 1 heterocycles. The fourth-order valence-electron chi connectivity index (χ4n) is 6.31. The van der Waals surface area contributed by atoms with Crippen molar-refractivity contribution in [1.29, 1.82) is 0 Å². The number of rotatable bonds is 31. The largest absolute Gasteiger partial charge is 0.394 e. The molecule has 1 amide bonds. The first-order chi connectivity index (χ1) is 22.8. The highest BCUT2D eigenvalue weighted by molar-refractivity contribution is 5.76. The van der Waals surface area contributed by atoms with Gasteiger partial charge in [-0.1, -0.05) is 149 Å². The van der Waals surface area contributed by atoms with Gasteiger partial charge in [-0.3, -0.25) is 4.79 Å². The van der Waals surface area contributed by atoms with E-state index in [1.807, 2.05) is 0 Å². The van der Waals surface area contributed by atoms with Gasteiger partial charge in [0.2, 0.25) is 5.91 Å². The summed E-state index contributed by atoms with van der Waals surface area (Å²) in [6.45, 7) is 3.55. The molecule has 0 aromatic heterocycles. The topological polar surface area (TPSA) is 169 Å². The number of hydrogen-bond acceptors (Lipinski definition) is 9. The molecule has 0 radical (unpaired) electrons. The van der Waals surface area contributed by atoms with E-state index in [4.69, 9.17) is 9.47 Å². The van der Waals surface area contributed by atoms with E-state index in [1.165, 1.54) is 89.9 Å². The second-order valence-electron chi connectivity index (χ2n) is 13.9. The minimum atomic E-state index is -1.60. The smallest absolute Gasteiger partial charge is 0.220 e. The number of carbonyl (C=O) groups is 1. The fourth-order valence-corrected chi connectivity index (χ4v) is 6.31. The Labute approximate surface area is 286 Å². The van der Waals surface area contributed by atoms with E-state index >= 15 is 0 Å². The van der Waals surface area contributed by atoms with Crippen LogP contribution in [0.4, 0.5) is 0 Å². The third kappa shape index (κ3) is 20.4. The molecule has 1 aliphatic rings. The number of nitrogens with one attached hydrogen (secondary N) is 1. The summed E-state index contributed by atoms with van der Waals surface area (Å²) in [6, 6.07) is -0.981. The van der Waals surface area contributed by atoms with E-state index in [0.717, 1.165) is 51.4 Å².